The van der Waals surface area contributed by atoms with Crippen molar-refractivity contribution in [1.29, 1.82) is 0 Å². The molecule has 0 spiro atoms. The molecule has 0 amide bonds. The van der Waals surface area contributed by atoms with Gasteiger partial charge in [-0.25, -0.2) is 4.39 Å². The highest BCUT2D eigenvalue weighted by molar-refractivity contribution is 5.67. The van der Waals surface area contributed by atoms with E-state index in [0.29, 0.717) is 30.8 Å². The number of aliphatic carboxylic acids is 1. The average molecular weight is 389 g/mol. The topological polar surface area (TPSA) is 46.5 Å². The molecule has 28 heavy (non-hydrogen) atoms. The molecule has 4 heteroatoms. The summed E-state index contributed by atoms with van der Waals surface area (Å²) in [6.45, 7) is 3.97. The fourth-order valence-electron chi connectivity index (χ4n) is 4.71. The molecule has 1 atom stereocenters. The predicted molar refractivity (Wildman–Crippen MR) is 109 cm³/mol. The van der Waals surface area contributed by atoms with E-state index in [-0.39, 0.29) is 6.42 Å². The van der Waals surface area contributed by atoms with Crippen LogP contribution in [0.2, 0.25) is 0 Å². The second kappa shape index (κ2) is 9.11. The van der Waals surface area contributed by atoms with Gasteiger partial charge in [0.05, 0.1) is 0 Å². The van der Waals surface area contributed by atoms with Gasteiger partial charge >= 0.3 is 5.97 Å². The zero-order valence-corrected chi connectivity index (χ0v) is 17.2. The molecule has 1 aromatic carbocycles. The Morgan fingerprint density at radius 3 is 2.68 bits per heavy atom. The molecule has 1 saturated carbocycles. The number of rotatable bonds is 9. The second-order valence-electron chi connectivity index (χ2n) is 8.52. The molecule has 2 aliphatic carbocycles. The number of carboxylic acid groups (broad SMARTS) is 1. The van der Waals surface area contributed by atoms with Gasteiger partial charge in [-0.3, -0.25) is 4.79 Å². The van der Waals surface area contributed by atoms with Gasteiger partial charge in [0.2, 0.25) is 0 Å². The molecule has 1 unspecified atom stereocenters. The van der Waals surface area contributed by atoms with Crippen LogP contribution in [0.1, 0.15) is 82.8 Å². The van der Waals surface area contributed by atoms with E-state index in [1.54, 1.807) is 18.6 Å². The van der Waals surface area contributed by atoms with Crippen molar-refractivity contribution in [2.24, 2.45) is 5.92 Å². The van der Waals surface area contributed by atoms with Crippen molar-refractivity contribution in [1.82, 2.24) is 0 Å². The maximum absolute atomic E-state index is 15.1. The first-order chi connectivity index (χ1) is 13.4. The minimum atomic E-state index is -1.49. The molecule has 0 bridgehead atoms. The molecule has 3 nitrogen and oxygen atoms in total. The SMILES string of the molecule is CCC(C)(F)c1cc(OCC2=C(C3CCCC3)CCC2)ccc1CCC(=O)O. The van der Waals surface area contributed by atoms with Crippen molar-refractivity contribution in [2.75, 3.05) is 6.61 Å². The third-order valence-corrected chi connectivity index (χ3v) is 6.55. The largest absolute Gasteiger partial charge is 0.489 e. The molecule has 1 N–H and O–H groups in total. The van der Waals surface area contributed by atoms with Crippen LogP contribution in [0, 0.1) is 5.92 Å². The number of hydrogen-bond acceptors (Lipinski definition) is 2. The number of allylic oxidation sites excluding steroid dienone is 1. The fourth-order valence-corrected chi connectivity index (χ4v) is 4.71. The minimum Gasteiger partial charge on any atom is -0.489 e. The lowest BCUT2D eigenvalue weighted by atomic mass is 9.89. The predicted octanol–water partition coefficient (Wildman–Crippen LogP) is 6.35. The number of aryl methyl sites for hydroxylation is 1. The maximum Gasteiger partial charge on any atom is 0.303 e. The Morgan fingerprint density at radius 2 is 2.00 bits per heavy atom. The Balaban J connectivity index is 1.75. The first-order valence-electron chi connectivity index (χ1n) is 10.8. The van der Waals surface area contributed by atoms with E-state index < -0.39 is 11.6 Å². The highest BCUT2D eigenvalue weighted by atomic mass is 19.1. The summed E-state index contributed by atoms with van der Waals surface area (Å²) in [6, 6.07) is 5.48. The highest BCUT2D eigenvalue weighted by Crippen LogP contribution is 2.40. The molecule has 3 rings (SSSR count). The first-order valence-corrected chi connectivity index (χ1v) is 10.8. The van der Waals surface area contributed by atoms with Crippen molar-refractivity contribution >= 4 is 5.97 Å². The van der Waals surface area contributed by atoms with Crippen LogP contribution in [0.15, 0.2) is 29.3 Å². The number of benzene rings is 1. The monoisotopic (exact) mass is 388 g/mol. The molecule has 0 aliphatic heterocycles. The van der Waals surface area contributed by atoms with Crippen LogP contribution in [-0.4, -0.2) is 17.7 Å². The molecule has 154 valence electrons. The summed E-state index contributed by atoms with van der Waals surface area (Å²) in [4.78, 5) is 10.9. The Labute approximate surface area is 168 Å². The summed E-state index contributed by atoms with van der Waals surface area (Å²) < 4.78 is 21.2. The smallest absolute Gasteiger partial charge is 0.303 e. The van der Waals surface area contributed by atoms with Gasteiger partial charge in [-0.2, -0.15) is 0 Å². The lowest BCUT2D eigenvalue weighted by Crippen LogP contribution is -2.17. The van der Waals surface area contributed by atoms with Gasteiger partial charge in [0, 0.05) is 6.42 Å². The summed E-state index contributed by atoms with van der Waals surface area (Å²) in [5.74, 6) is 0.566. The quantitative estimate of drug-likeness (QED) is 0.502. The van der Waals surface area contributed by atoms with Crippen LogP contribution < -0.4 is 4.74 Å². The van der Waals surface area contributed by atoms with E-state index in [0.717, 1.165) is 17.9 Å². The molecular formula is C24H33FO3. The molecule has 2 aliphatic rings. The summed E-state index contributed by atoms with van der Waals surface area (Å²) in [5, 5.41) is 8.98. The third kappa shape index (κ3) is 4.95. The van der Waals surface area contributed by atoms with E-state index in [1.807, 2.05) is 19.1 Å². The molecule has 0 saturated heterocycles. The van der Waals surface area contributed by atoms with Gasteiger partial charge in [0.15, 0.2) is 0 Å². The summed E-state index contributed by atoms with van der Waals surface area (Å²) >= 11 is 0. The van der Waals surface area contributed by atoms with Crippen molar-refractivity contribution in [3.8, 4) is 5.75 Å². The van der Waals surface area contributed by atoms with E-state index in [9.17, 15) is 4.79 Å². The molecule has 0 aromatic heterocycles. The zero-order chi connectivity index (χ0) is 20.1. The minimum absolute atomic E-state index is 0.00460. The van der Waals surface area contributed by atoms with Crippen LogP contribution in [0.25, 0.3) is 0 Å². The number of ether oxygens (including phenoxy) is 1. The lowest BCUT2D eigenvalue weighted by Gasteiger charge is -2.23. The van der Waals surface area contributed by atoms with Gasteiger partial charge in [-0.1, -0.05) is 31.4 Å². The van der Waals surface area contributed by atoms with E-state index >= 15 is 4.39 Å². The normalized spacial score (nSPS) is 19.8. The number of halogens is 1. The first kappa shape index (κ1) is 20.9. The zero-order valence-electron chi connectivity index (χ0n) is 17.2. The molecule has 0 radical (unpaired) electrons. The Bertz CT molecular complexity index is 729. The van der Waals surface area contributed by atoms with Crippen molar-refractivity contribution < 1.29 is 19.0 Å². The standard InChI is InChI=1S/C24H33FO3/c1-3-24(2,25)22-15-20(13-11-18(22)12-14-23(26)27)28-16-19-9-6-10-21(19)17-7-4-5-8-17/h11,13,15,17H,3-10,12,14,16H2,1-2H3,(H,26,27). The van der Waals surface area contributed by atoms with Crippen LogP contribution in [0.5, 0.6) is 5.75 Å². The number of alkyl halides is 1. The van der Waals surface area contributed by atoms with E-state index in [1.165, 1.54) is 44.1 Å². The Morgan fingerprint density at radius 1 is 1.25 bits per heavy atom. The number of hydrogen-bond donors (Lipinski definition) is 1. The van der Waals surface area contributed by atoms with Crippen molar-refractivity contribution in [3.63, 3.8) is 0 Å². The number of carbonyl (C=O) groups is 1. The second-order valence-corrected chi connectivity index (χ2v) is 8.52. The van der Waals surface area contributed by atoms with E-state index in [2.05, 4.69) is 0 Å². The van der Waals surface area contributed by atoms with Gasteiger partial charge in [-0.15, -0.1) is 0 Å². The lowest BCUT2D eigenvalue weighted by molar-refractivity contribution is -0.136. The Hall–Kier alpha value is -1.84. The van der Waals surface area contributed by atoms with Gasteiger partial charge in [-0.05, 0) is 86.6 Å². The van der Waals surface area contributed by atoms with Crippen molar-refractivity contribution in [2.45, 2.75) is 83.7 Å². The van der Waals surface area contributed by atoms with Crippen LogP contribution >= 0.6 is 0 Å². The van der Waals surface area contributed by atoms with Gasteiger partial charge < -0.3 is 9.84 Å². The summed E-state index contributed by atoms with van der Waals surface area (Å²) in [6.07, 6.45) is 9.55. The maximum atomic E-state index is 15.1. The molecule has 0 heterocycles. The van der Waals surface area contributed by atoms with Crippen LogP contribution in [-0.2, 0) is 16.9 Å². The molecule has 1 fully saturated rings. The third-order valence-electron chi connectivity index (χ3n) is 6.55. The highest BCUT2D eigenvalue weighted by Gasteiger charge is 2.28. The van der Waals surface area contributed by atoms with Gasteiger partial charge in [0.1, 0.15) is 18.0 Å². The van der Waals surface area contributed by atoms with E-state index in [4.69, 9.17) is 9.84 Å². The fraction of sp³-hybridized carbons (Fsp3) is 0.625. The van der Waals surface area contributed by atoms with Crippen LogP contribution in [0.4, 0.5) is 4.39 Å². The van der Waals surface area contributed by atoms with Gasteiger partial charge in [0.25, 0.3) is 0 Å². The summed E-state index contributed by atoms with van der Waals surface area (Å²) in [5.41, 5.74) is 2.90. The molecular weight excluding hydrogens is 355 g/mol. The Kier molecular flexibility index (Phi) is 6.79. The average Bonchev–Trinajstić information content (AvgIpc) is 3.36. The molecule has 1 aromatic rings. The number of carboxylic acids is 1. The van der Waals surface area contributed by atoms with Crippen LogP contribution in [0.3, 0.4) is 0 Å². The van der Waals surface area contributed by atoms with Crippen molar-refractivity contribution in [3.05, 3.63) is 40.5 Å². The summed E-state index contributed by atoms with van der Waals surface area (Å²) in [7, 11) is 0.